The van der Waals surface area contributed by atoms with Gasteiger partial charge in [0.15, 0.2) is 0 Å². The Kier molecular flexibility index (Phi) is 3.80. The first-order chi connectivity index (χ1) is 10.1. The number of nitro benzene ring substituents is 1. The molecule has 0 fully saturated rings. The summed E-state index contributed by atoms with van der Waals surface area (Å²) >= 11 is 0. The van der Waals surface area contributed by atoms with Gasteiger partial charge >= 0.3 is 0 Å². The summed E-state index contributed by atoms with van der Waals surface area (Å²) in [5, 5.41) is 14.4. The van der Waals surface area contributed by atoms with Gasteiger partial charge in [-0.2, -0.15) is 0 Å². The highest BCUT2D eigenvalue weighted by atomic mass is 32.2. The number of benzene rings is 1. The van der Waals surface area contributed by atoms with Gasteiger partial charge in [-0.1, -0.05) is 12.2 Å². The number of non-ortho nitro benzene ring substituents is 1. The largest absolute Gasteiger partial charge is 0.382 e. The molecule has 1 N–H and O–H groups in total. The average molecular weight is 306 g/mol. The Balaban J connectivity index is 1.91. The van der Waals surface area contributed by atoms with Crippen LogP contribution >= 0.6 is 0 Å². The Morgan fingerprint density at radius 3 is 3.00 bits per heavy atom. The maximum absolute atomic E-state index is 11.3. The van der Waals surface area contributed by atoms with Gasteiger partial charge in [0.25, 0.3) is 5.69 Å². The summed E-state index contributed by atoms with van der Waals surface area (Å²) in [5.74, 6) is 1.32. The van der Waals surface area contributed by atoms with E-state index < -0.39 is 10.8 Å². The van der Waals surface area contributed by atoms with Crippen LogP contribution in [-0.2, 0) is 10.8 Å². The second-order valence-electron chi connectivity index (χ2n) is 5.70. The normalized spacial score (nSPS) is 27.6. The van der Waals surface area contributed by atoms with Crippen LogP contribution in [0.5, 0.6) is 0 Å². The van der Waals surface area contributed by atoms with Crippen molar-refractivity contribution in [2.75, 3.05) is 17.3 Å². The number of nitro groups is 1. The minimum atomic E-state index is -0.792. The lowest BCUT2D eigenvalue weighted by Crippen LogP contribution is -2.36. The van der Waals surface area contributed by atoms with Crippen molar-refractivity contribution in [3.05, 3.63) is 46.0 Å². The Labute approximate surface area is 126 Å². The van der Waals surface area contributed by atoms with Crippen molar-refractivity contribution in [2.24, 2.45) is 5.92 Å². The van der Waals surface area contributed by atoms with E-state index in [9.17, 15) is 14.3 Å². The minimum Gasteiger partial charge on any atom is -0.382 e. The fourth-order valence-corrected chi connectivity index (χ4v) is 3.96. The van der Waals surface area contributed by atoms with Crippen LogP contribution in [0.15, 0.2) is 30.4 Å². The lowest BCUT2D eigenvalue weighted by Gasteiger charge is -2.37. The predicted octanol–water partition coefficient (Wildman–Crippen LogP) is 2.82. The monoisotopic (exact) mass is 306 g/mol. The Hall–Kier alpha value is -1.69. The molecule has 0 spiro atoms. The molecule has 3 rings (SSSR count). The van der Waals surface area contributed by atoms with Gasteiger partial charge < -0.3 is 5.32 Å². The third kappa shape index (κ3) is 2.72. The number of hydrogen-bond acceptors (Lipinski definition) is 4. The molecule has 0 bridgehead atoms. The lowest BCUT2D eigenvalue weighted by atomic mass is 9.78. The van der Waals surface area contributed by atoms with Crippen LogP contribution in [0.3, 0.4) is 0 Å². The first-order valence-corrected chi connectivity index (χ1v) is 8.80. The van der Waals surface area contributed by atoms with Gasteiger partial charge in [-0.3, -0.25) is 14.3 Å². The molecule has 1 aliphatic heterocycles. The summed E-state index contributed by atoms with van der Waals surface area (Å²) in [6.45, 7) is 0. The SMILES string of the molecule is CS(=O)CCC1Nc2ccc([N+](=O)[O-])cc2C2C=CCC12. The zero-order valence-corrected chi connectivity index (χ0v) is 12.6. The van der Waals surface area contributed by atoms with Crippen molar-refractivity contribution >= 4 is 22.2 Å². The van der Waals surface area contributed by atoms with Crippen LogP contribution in [0, 0.1) is 16.0 Å². The number of anilines is 1. The van der Waals surface area contributed by atoms with Crippen LogP contribution in [0.4, 0.5) is 11.4 Å². The first kappa shape index (κ1) is 14.3. The molecule has 2 aliphatic rings. The van der Waals surface area contributed by atoms with Crippen LogP contribution in [0.2, 0.25) is 0 Å². The maximum atomic E-state index is 11.3. The van der Waals surface area contributed by atoms with Gasteiger partial charge in [-0.15, -0.1) is 0 Å². The quantitative estimate of drug-likeness (QED) is 0.527. The van der Waals surface area contributed by atoms with Gasteiger partial charge in [0.05, 0.1) is 4.92 Å². The number of nitrogens with zero attached hydrogens (tertiary/aromatic N) is 1. The molecule has 0 amide bonds. The minimum absolute atomic E-state index is 0.141. The van der Waals surface area contributed by atoms with Crippen molar-refractivity contribution in [3.8, 4) is 0 Å². The average Bonchev–Trinajstić information content (AvgIpc) is 2.93. The molecule has 1 aliphatic carbocycles. The number of rotatable bonds is 4. The van der Waals surface area contributed by atoms with E-state index in [0.717, 1.165) is 24.1 Å². The number of nitrogens with one attached hydrogen (secondary N) is 1. The third-order valence-corrected chi connectivity index (χ3v) is 5.20. The molecule has 0 aromatic heterocycles. The van der Waals surface area contributed by atoms with Crippen LogP contribution < -0.4 is 5.32 Å². The molecular weight excluding hydrogens is 288 g/mol. The summed E-state index contributed by atoms with van der Waals surface area (Å²) in [4.78, 5) is 10.6. The van der Waals surface area contributed by atoms with E-state index in [1.807, 2.05) is 0 Å². The molecule has 0 saturated heterocycles. The summed E-state index contributed by atoms with van der Waals surface area (Å²) in [7, 11) is -0.792. The topological polar surface area (TPSA) is 72.2 Å². The van der Waals surface area contributed by atoms with Gasteiger partial charge in [0, 0.05) is 52.6 Å². The number of fused-ring (bicyclic) bond motifs is 3. The van der Waals surface area contributed by atoms with Crippen LogP contribution in [0.1, 0.15) is 24.3 Å². The number of allylic oxidation sites excluding steroid dienone is 2. The van der Waals surface area contributed by atoms with E-state index in [4.69, 9.17) is 0 Å². The lowest BCUT2D eigenvalue weighted by molar-refractivity contribution is -0.384. The zero-order valence-electron chi connectivity index (χ0n) is 11.8. The molecule has 1 heterocycles. The van der Waals surface area contributed by atoms with Crippen molar-refractivity contribution in [2.45, 2.75) is 24.8 Å². The van der Waals surface area contributed by atoms with E-state index in [1.165, 1.54) is 0 Å². The summed E-state index contributed by atoms with van der Waals surface area (Å²) in [6, 6.07) is 5.30. The molecule has 6 heteroatoms. The molecule has 1 aromatic rings. The highest BCUT2D eigenvalue weighted by Gasteiger charge is 2.37. The molecule has 0 saturated carbocycles. The second-order valence-corrected chi connectivity index (χ2v) is 7.25. The molecule has 0 radical (unpaired) electrons. The zero-order chi connectivity index (χ0) is 15.0. The molecule has 21 heavy (non-hydrogen) atoms. The fraction of sp³-hybridized carbons (Fsp3) is 0.467. The van der Waals surface area contributed by atoms with E-state index in [-0.39, 0.29) is 22.6 Å². The van der Waals surface area contributed by atoms with Crippen molar-refractivity contribution < 1.29 is 9.13 Å². The molecule has 5 nitrogen and oxygen atoms in total. The van der Waals surface area contributed by atoms with Crippen LogP contribution in [-0.4, -0.2) is 27.2 Å². The van der Waals surface area contributed by atoms with E-state index in [2.05, 4.69) is 17.5 Å². The van der Waals surface area contributed by atoms with Gasteiger partial charge in [0.2, 0.25) is 0 Å². The van der Waals surface area contributed by atoms with E-state index >= 15 is 0 Å². The first-order valence-electron chi connectivity index (χ1n) is 7.08. The Morgan fingerprint density at radius 1 is 1.48 bits per heavy atom. The van der Waals surface area contributed by atoms with E-state index in [0.29, 0.717) is 11.7 Å². The van der Waals surface area contributed by atoms with Crippen LogP contribution in [0.25, 0.3) is 0 Å². The molecule has 4 unspecified atom stereocenters. The maximum Gasteiger partial charge on any atom is 0.269 e. The number of hydrogen-bond donors (Lipinski definition) is 1. The standard InChI is InChI=1S/C15H18N2O3S/c1-21(20)8-7-15-12-4-2-3-11(12)13-9-10(17(18)19)5-6-14(13)16-15/h2-3,5-6,9,11-12,15-16H,4,7-8H2,1H3. The fourth-order valence-electron chi connectivity index (χ4n) is 3.38. The molecule has 112 valence electrons. The highest BCUT2D eigenvalue weighted by molar-refractivity contribution is 7.84. The molecule has 4 atom stereocenters. The van der Waals surface area contributed by atoms with Crippen molar-refractivity contribution in [1.82, 2.24) is 0 Å². The smallest absolute Gasteiger partial charge is 0.269 e. The van der Waals surface area contributed by atoms with Crippen molar-refractivity contribution in [1.29, 1.82) is 0 Å². The Morgan fingerprint density at radius 2 is 2.29 bits per heavy atom. The summed E-state index contributed by atoms with van der Waals surface area (Å²) in [6.07, 6.45) is 7.87. The predicted molar refractivity (Wildman–Crippen MR) is 84.0 cm³/mol. The van der Waals surface area contributed by atoms with Gasteiger partial charge in [0.1, 0.15) is 0 Å². The summed E-state index contributed by atoms with van der Waals surface area (Å²) < 4.78 is 11.3. The molecular formula is C15H18N2O3S. The van der Waals surface area contributed by atoms with E-state index in [1.54, 1.807) is 24.5 Å². The van der Waals surface area contributed by atoms with Gasteiger partial charge in [-0.05, 0) is 30.4 Å². The van der Waals surface area contributed by atoms with Crippen molar-refractivity contribution in [3.63, 3.8) is 0 Å². The third-order valence-electron chi connectivity index (χ3n) is 4.39. The molecule has 1 aromatic carbocycles. The highest BCUT2D eigenvalue weighted by Crippen LogP contribution is 2.46. The van der Waals surface area contributed by atoms with Gasteiger partial charge in [-0.25, -0.2) is 0 Å². The second kappa shape index (κ2) is 5.60. The Bertz CT molecular complexity index is 629. The summed E-state index contributed by atoms with van der Waals surface area (Å²) in [5.41, 5.74) is 2.12.